The van der Waals surface area contributed by atoms with Gasteiger partial charge in [0, 0.05) is 19.2 Å². The van der Waals surface area contributed by atoms with Gasteiger partial charge in [0.1, 0.15) is 18.0 Å². The number of hydrogen-bond acceptors (Lipinski definition) is 5. The summed E-state index contributed by atoms with van der Waals surface area (Å²) < 4.78 is 35.9. The topological polar surface area (TPSA) is 76.2 Å². The molecule has 0 aromatic heterocycles. The lowest BCUT2D eigenvalue weighted by molar-refractivity contribution is -0.128. The number of carbonyl (C=O) groups excluding carboxylic acids is 1. The van der Waals surface area contributed by atoms with Crippen molar-refractivity contribution in [3.63, 3.8) is 0 Å². The Hall–Kier alpha value is -2.45. The molecule has 152 valence electrons. The number of amides is 1. The number of nitrogens with zero attached hydrogens (tertiary/aromatic N) is 2. The fourth-order valence-electron chi connectivity index (χ4n) is 2.63. The van der Waals surface area contributed by atoms with Crippen molar-refractivity contribution in [3.05, 3.63) is 53.1 Å². The SMILES string of the molecule is COc1ccc(N(CC(=O)N(C)Cc2ccccc2OC)S(C)(=O)=O)cc1Cl. The minimum absolute atomic E-state index is 0.253. The molecule has 0 fully saturated rings. The van der Waals surface area contributed by atoms with Gasteiger partial charge in [-0.3, -0.25) is 9.10 Å². The van der Waals surface area contributed by atoms with Crippen LogP contribution in [0.3, 0.4) is 0 Å². The Balaban J connectivity index is 2.22. The summed E-state index contributed by atoms with van der Waals surface area (Å²) in [6, 6.07) is 11.9. The van der Waals surface area contributed by atoms with E-state index in [1.54, 1.807) is 32.4 Å². The van der Waals surface area contributed by atoms with Crippen molar-refractivity contribution < 1.29 is 22.7 Å². The Morgan fingerprint density at radius 2 is 1.71 bits per heavy atom. The number of benzene rings is 2. The number of methoxy groups -OCH3 is 2. The van der Waals surface area contributed by atoms with E-state index in [4.69, 9.17) is 21.1 Å². The van der Waals surface area contributed by atoms with Gasteiger partial charge in [0.2, 0.25) is 15.9 Å². The van der Waals surface area contributed by atoms with Crippen molar-refractivity contribution in [1.82, 2.24) is 4.90 Å². The molecular formula is C19H23ClN2O5S. The molecule has 0 heterocycles. The molecule has 0 spiro atoms. The Morgan fingerprint density at radius 3 is 2.29 bits per heavy atom. The lowest BCUT2D eigenvalue weighted by Crippen LogP contribution is -2.41. The number of hydrogen-bond donors (Lipinski definition) is 0. The number of likely N-dealkylation sites (N-methyl/N-ethyl adjacent to an activating group) is 1. The molecule has 2 aromatic carbocycles. The fraction of sp³-hybridized carbons (Fsp3) is 0.316. The first-order valence-electron chi connectivity index (χ1n) is 8.34. The molecule has 0 aliphatic rings. The quantitative estimate of drug-likeness (QED) is 0.648. The summed E-state index contributed by atoms with van der Waals surface area (Å²) in [5, 5.41) is 0.253. The zero-order valence-electron chi connectivity index (χ0n) is 16.2. The molecule has 0 radical (unpaired) electrons. The third-order valence-corrected chi connectivity index (χ3v) is 5.56. The van der Waals surface area contributed by atoms with Crippen molar-refractivity contribution in [2.24, 2.45) is 0 Å². The van der Waals surface area contributed by atoms with Gasteiger partial charge in [-0.1, -0.05) is 29.8 Å². The highest BCUT2D eigenvalue weighted by Crippen LogP contribution is 2.30. The van der Waals surface area contributed by atoms with Crippen LogP contribution < -0.4 is 13.8 Å². The number of rotatable bonds is 8. The van der Waals surface area contributed by atoms with Gasteiger partial charge in [-0.25, -0.2) is 8.42 Å². The van der Waals surface area contributed by atoms with Crippen LogP contribution in [0, 0.1) is 0 Å². The number of anilines is 1. The summed E-state index contributed by atoms with van der Waals surface area (Å²) in [7, 11) is 0.919. The largest absolute Gasteiger partial charge is 0.496 e. The van der Waals surface area contributed by atoms with E-state index >= 15 is 0 Å². The molecule has 0 bridgehead atoms. The van der Waals surface area contributed by atoms with E-state index in [0.717, 1.165) is 16.1 Å². The maximum Gasteiger partial charge on any atom is 0.243 e. The average molecular weight is 427 g/mol. The Morgan fingerprint density at radius 1 is 1.07 bits per heavy atom. The summed E-state index contributed by atoms with van der Waals surface area (Å²) >= 11 is 6.11. The molecule has 28 heavy (non-hydrogen) atoms. The Bertz CT molecular complexity index is 949. The highest BCUT2D eigenvalue weighted by molar-refractivity contribution is 7.92. The molecule has 0 aliphatic heterocycles. The Labute approximate surface area is 170 Å². The first kappa shape index (κ1) is 21.8. The molecule has 1 amide bonds. The molecule has 0 atom stereocenters. The zero-order valence-corrected chi connectivity index (χ0v) is 17.7. The Kier molecular flexibility index (Phi) is 7.15. The van der Waals surface area contributed by atoms with Crippen LogP contribution in [0.15, 0.2) is 42.5 Å². The third-order valence-electron chi connectivity index (χ3n) is 4.13. The van der Waals surface area contributed by atoms with Crippen LogP contribution >= 0.6 is 11.6 Å². The second-order valence-corrected chi connectivity index (χ2v) is 8.46. The molecular weight excluding hydrogens is 404 g/mol. The first-order chi connectivity index (χ1) is 13.2. The van der Waals surface area contributed by atoms with Crippen molar-refractivity contribution in [2.45, 2.75) is 6.54 Å². The minimum atomic E-state index is -3.71. The summed E-state index contributed by atoms with van der Waals surface area (Å²) in [6.45, 7) is -0.0725. The highest BCUT2D eigenvalue weighted by atomic mass is 35.5. The maximum absolute atomic E-state index is 12.7. The van der Waals surface area contributed by atoms with Gasteiger partial charge in [0.25, 0.3) is 0 Å². The number of ether oxygens (including phenoxy) is 2. The third kappa shape index (κ3) is 5.30. The molecule has 0 aliphatic carbocycles. The van der Waals surface area contributed by atoms with Gasteiger partial charge in [-0.2, -0.15) is 0 Å². The molecule has 9 heteroatoms. The fourth-order valence-corrected chi connectivity index (χ4v) is 3.72. The van der Waals surface area contributed by atoms with Crippen molar-refractivity contribution in [1.29, 1.82) is 0 Å². The number of carbonyl (C=O) groups is 1. The normalized spacial score (nSPS) is 11.0. The monoisotopic (exact) mass is 426 g/mol. The molecule has 0 saturated carbocycles. The van der Waals surface area contributed by atoms with Crippen LogP contribution in [0.4, 0.5) is 5.69 Å². The van der Waals surface area contributed by atoms with Crippen LogP contribution in [0.2, 0.25) is 5.02 Å². The zero-order chi connectivity index (χ0) is 20.9. The number of halogens is 1. The smallest absolute Gasteiger partial charge is 0.243 e. The molecule has 7 nitrogen and oxygen atoms in total. The number of para-hydroxylation sites is 1. The number of sulfonamides is 1. The van der Waals surface area contributed by atoms with E-state index in [-0.39, 0.29) is 29.7 Å². The standard InChI is InChI=1S/C19H23ClN2O5S/c1-21(12-14-7-5-6-8-17(14)26-2)19(23)13-22(28(4,24)25)15-9-10-18(27-3)16(20)11-15/h5-11H,12-13H2,1-4H3. The van der Waals surface area contributed by atoms with Crippen molar-refractivity contribution in [2.75, 3.05) is 38.4 Å². The second kappa shape index (κ2) is 9.16. The lowest BCUT2D eigenvalue weighted by Gasteiger charge is -2.26. The lowest BCUT2D eigenvalue weighted by atomic mass is 10.2. The van der Waals surface area contributed by atoms with Crippen LogP contribution in [0.1, 0.15) is 5.56 Å². The predicted octanol–water partition coefficient (Wildman–Crippen LogP) is 2.78. The van der Waals surface area contributed by atoms with Gasteiger partial charge in [-0.15, -0.1) is 0 Å². The van der Waals surface area contributed by atoms with Crippen LogP contribution in [0.5, 0.6) is 11.5 Å². The van der Waals surface area contributed by atoms with Gasteiger partial charge < -0.3 is 14.4 Å². The van der Waals surface area contributed by atoms with Crippen LogP contribution in [0.25, 0.3) is 0 Å². The highest BCUT2D eigenvalue weighted by Gasteiger charge is 2.24. The molecule has 0 unspecified atom stereocenters. The molecule has 2 aromatic rings. The van der Waals surface area contributed by atoms with Crippen molar-refractivity contribution >= 4 is 33.2 Å². The molecule has 0 saturated heterocycles. The summed E-state index contributed by atoms with van der Waals surface area (Å²) in [6.07, 6.45) is 1.04. The van der Waals surface area contributed by atoms with Crippen LogP contribution in [-0.4, -0.2) is 53.3 Å². The van der Waals surface area contributed by atoms with E-state index in [9.17, 15) is 13.2 Å². The molecule has 2 rings (SSSR count). The second-order valence-electron chi connectivity index (χ2n) is 6.15. The van der Waals surface area contributed by atoms with Crippen LogP contribution in [-0.2, 0) is 21.4 Å². The van der Waals surface area contributed by atoms with E-state index in [1.165, 1.54) is 18.1 Å². The molecule has 0 N–H and O–H groups in total. The predicted molar refractivity (Wildman–Crippen MR) is 110 cm³/mol. The first-order valence-corrected chi connectivity index (χ1v) is 10.6. The average Bonchev–Trinajstić information content (AvgIpc) is 2.65. The van der Waals surface area contributed by atoms with Gasteiger partial charge in [0.05, 0.1) is 31.2 Å². The van der Waals surface area contributed by atoms with Gasteiger partial charge >= 0.3 is 0 Å². The summed E-state index contributed by atoms with van der Waals surface area (Å²) in [5.74, 6) is 0.700. The maximum atomic E-state index is 12.7. The van der Waals surface area contributed by atoms with E-state index in [2.05, 4.69) is 0 Å². The van der Waals surface area contributed by atoms with E-state index < -0.39 is 10.0 Å². The van der Waals surface area contributed by atoms with E-state index in [1.807, 2.05) is 18.2 Å². The minimum Gasteiger partial charge on any atom is -0.496 e. The summed E-state index contributed by atoms with van der Waals surface area (Å²) in [4.78, 5) is 14.2. The van der Waals surface area contributed by atoms with E-state index in [0.29, 0.717) is 11.5 Å². The summed E-state index contributed by atoms with van der Waals surface area (Å²) in [5.41, 5.74) is 1.10. The van der Waals surface area contributed by atoms with Crippen molar-refractivity contribution in [3.8, 4) is 11.5 Å². The van der Waals surface area contributed by atoms with Gasteiger partial charge in [0.15, 0.2) is 0 Å². The van der Waals surface area contributed by atoms with Gasteiger partial charge in [-0.05, 0) is 24.3 Å².